The molecule has 2 aromatic heterocycles. The summed E-state index contributed by atoms with van der Waals surface area (Å²) in [7, 11) is -1.77. The molecular weight excluding hydrogens is 607 g/mol. The number of benzene rings is 3. The molecule has 5 aromatic rings. The molecule has 44 heavy (non-hydrogen) atoms. The Labute approximate surface area is 257 Å². The molecular formula is C32H30F2N4O4S2. The van der Waals surface area contributed by atoms with Gasteiger partial charge >= 0.3 is 5.97 Å². The largest absolute Gasteiger partial charge is 0.497 e. The Morgan fingerprint density at radius 1 is 1.11 bits per heavy atom. The summed E-state index contributed by atoms with van der Waals surface area (Å²) < 4.78 is 49.7. The van der Waals surface area contributed by atoms with Gasteiger partial charge in [-0.2, -0.15) is 5.10 Å². The van der Waals surface area contributed by atoms with Crippen LogP contribution in [0.4, 0.5) is 8.78 Å². The van der Waals surface area contributed by atoms with Gasteiger partial charge in [-0.1, -0.05) is 18.2 Å². The molecule has 0 amide bonds. The van der Waals surface area contributed by atoms with E-state index in [4.69, 9.17) is 15.0 Å². The maximum Gasteiger partial charge on any atom is 0.355 e. The summed E-state index contributed by atoms with van der Waals surface area (Å²) in [5.74, 6) is -1.22. The van der Waals surface area contributed by atoms with E-state index < -0.39 is 27.7 Å². The minimum atomic E-state index is -3.31. The number of hydrogen-bond acceptors (Lipinski definition) is 6. The van der Waals surface area contributed by atoms with Gasteiger partial charge in [-0.25, -0.2) is 23.2 Å². The van der Waals surface area contributed by atoms with Crippen molar-refractivity contribution in [3.63, 3.8) is 0 Å². The normalized spacial score (nSPS) is 13.7. The number of thiol groups is 1. The van der Waals surface area contributed by atoms with Crippen LogP contribution >= 0.6 is 11.3 Å². The Morgan fingerprint density at radius 3 is 2.57 bits per heavy atom. The molecule has 0 unspecified atom stereocenters. The van der Waals surface area contributed by atoms with Gasteiger partial charge in [-0.3, -0.25) is 9.35 Å². The molecule has 8 nitrogen and oxygen atoms in total. The average molecular weight is 637 g/mol. The minimum Gasteiger partial charge on any atom is -0.497 e. The van der Waals surface area contributed by atoms with Crippen LogP contribution in [-0.4, -0.2) is 43.4 Å². The van der Waals surface area contributed by atoms with Crippen LogP contribution in [0.15, 0.2) is 70.9 Å². The van der Waals surface area contributed by atoms with E-state index in [0.29, 0.717) is 51.2 Å². The van der Waals surface area contributed by atoms with Gasteiger partial charge in [0.2, 0.25) is 5.13 Å². The zero-order chi connectivity index (χ0) is 31.2. The first kappa shape index (κ1) is 29.8. The van der Waals surface area contributed by atoms with Gasteiger partial charge in [0, 0.05) is 34.7 Å². The highest BCUT2D eigenvalue weighted by Gasteiger charge is 2.30. The molecule has 0 spiro atoms. The van der Waals surface area contributed by atoms with Crippen molar-refractivity contribution < 1.29 is 27.6 Å². The van der Waals surface area contributed by atoms with Gasteiger partial charge < -0.3 is 9.84 Å². The molecule has 0 saturated heterocycles. The second kappa shape index (κ2) is 11.7. The molecule has 3 N–H and O–H groups in total. The Hall–Kier alpha value is -4.26. The lowest BCUT2D eigenvalue weighted by atomic mass is 9.95. The summed E-state index contributed by atoms with van der Waals surface area (Å²) in [6.45, 7) is 0. The van der Waals surface area contributed by atoms with Gasteiger partial charge in [0.1, 0.15) is 17.4 Å². The maximum atomic E-state index is 15.2. The molecule has 0 atom stereocenters. The van der Waals surface area contributed by atoms with Crippen molar-refractivity contribution in [1.82, 2.24) is 14.8 Å². The molecule has 0 aliphatic heterocycles. The van der Waals surface area contributed by atoms with Crippen LogP contribution < -0.4 is 9.88 Å². The fourth-order valence-electron chi connectivity index (χ4n) is 5.23. The lowest BCUT2D eigenvalue weighted by Crippen LogP contribution is -2.22. The van der Waals surface area contributed by atoms with Gasteiger partial charge in [-0.05, 0) is 88.9 Å². The highest BCUT2D eigenvalue weighted by atomic mass is 32.3. The van der Waals surface area contributed by atoms with Crippen molar-refractivity contribution in [3.05, 3.63) is 100 Å². The van der Waals surface area contributed by atoms with E-state index in [2.05, 4.69) is 4.98 Å². The van der Waals surface area contributed by atoms with Gasteiger partial charge in [-0.15, -0.1) is 11.3 Å². The molecule has 12 heteroatoms. The lowest BCUT2D eigenvalue weighted by molar-refractivity contribution is 0.0691. The number of hydrogen-bond donors (Lipinski definition) is 3. The van der Waals surface area contributed by atoms with E-state index in [0.717, 1.165) is 35.4 Å². The lowest BCUT2D eigenvalue weighted by Gasteiger charge is -2.15. The third kappa shape index (κ3) is 6.05. The number of rotatable bonds is 10. The Morgan fingerprint density at radius 2 is 1.91 bits per heavy atom. The van der Waals surface area contributed by atoms with Gasteiger partial charge in [0.05, 0.1) is 23.4 Å². The van der Waals surface area contributed by atoms with Crippen molar-refractivity contribution in [3.8, 4) is 33.3 Å². The van der Waals surface area contributed by atoms with Crippen LogP contribution in [0.1, 0.15) is 40.2 Å². The van der Waals surface area contributed by atoms with E-state index in [9.17, 15) is 14.1 Å². The van der Waals surface area contributed by atoms with Crippen molar-refractivity contribution in [1.29, 1.82) is 0 Å². The number of thiazole rings is 1. The molecule has 2 heterocycles. The predicted octanol–water partition coefficient (Wildman–Crippen LogP) is 6.07. The van der Waals surface area contributed by atoms with Crippen molar-refractivity contribution in [2.75, 3.05) is 13.4 Å². The number of aromatic carboxylic acids is 1. The number of methoxy groups -OCH3 is 1. The van der Waals surface area contributed by atoms with E-state index in [1.165, 1.54) is 29.8 Å². The molecule has 1 aliphatic carbocycles. The number of carboxylic acid groups (broad SMARTS) is 1. The van der Waals surface area contributed by atoms with Crippen LogP contribution in [0.25, 0.3) is 27.5 Å². The fourth-order valence-corrected chi connectivity index (χ4v) is 6.87. The topological polar surface area (TPSA) is 120 Å². The monoisotopic (exact) mass is 636 g/mol. The van der Waals surface area contributed by atoms with Crippen LogP contribution in [0.5, 0.6) is 5.75 Å². The third-order valence-electron chi connectivity index (χ3n) is 7.65. The molecule has 1 aliphatic rings. The second-order valence-electron chi connectivity index (χ2n) is 11.0. The third-order valence-corrected chi connectivity index (χ3v) is 9.79. The summed E-state index contributed by atoms with van der Waals surface area (Å²) in [6.07, 6.45) is 4.31. The van der Waals surface area contributed by atoms with Crippen LogP contribution in [0.2, 0.25) is 0 Å². The van der Waals surface area contributed by atoms with Crippen molar-refractivity contribution >= 4 is 27.4 Å². The van der Waals surface area contributed by atoms with E-state index in [1.807, 2.05) is 0 Å². The van der Waals surface area contributed by atoms with Crippen molar-refractivity contribution in [2.45, 2.75) is 30.6 Å². The smallest absolute Gasteiger partial charge is 0.355 e. The standard InChI is InChI=1S/C32H30F2N4O4S2/c1-42-22-5-3-4-20(15-22)23-16-21(9-10-25(23)33)30-24(12-19-8-11-29(26(34)13-19)44(2,35)41)28(14-18-6-7-18)38(37-30)32-36-27(17-43-32)31(39)40/h3-5,8-11,13,15-18,44H,6-7,12,14H2,1-2H3,(H2,35,41)(H,39,40). The molecule has 6 rings (SSSR count). The summed E-state index contributed by atoms with van der Waals surface area (Å²) in [6, 6.07) is 16.3. The molecule has 3 aromatic carbocycles. The number of aromatic nitrogens is 3. The Balaban J connectivity index is 1.54. The minimum absolute atomic E-state index is 0.0270. The van der Waals surface area contributed by atoms with Crippen LogP contribution in [0.3, 0.4) is 0 Å². The number of carbonyl (C=O) groups is 1. The first-order valence-electron chi connectivity index (χ1n) is 13.9. The predicted molar refractivity (Wildman–Crippen MR) is 167 cm³/mol. The summed E-state index contributed by atoms with van der Waals surface area (Å²) in [4.78, 5) is 15.9. The molecule has 0 radical (unpaired) electrons. The van der Waals surface area contributed by atoms with Gasteiger partial charge in [0.25, 0.3) is 0 Å². The number of nitrogens with two attached hydrogens (primary N) is 1. The number of nitrogens with zero attached hydrogens (tertiary/aromatic N) is 3. The summed E-state index contributed by atoms with van der Waals surface area (Å²) in [5, 5.41) is 22.1. The van der Waals surface area contributed by atoms with E-state index >= 15 is 8.78 Å². The Bertz CT molecular complexity index is 1940. The van der Waals surface area contributed by atoms with Crippen LogP contribution in [-0.2, 0) is 23.0 Å². The SMILES string of the molecule is COc1cccc(-c2cc(-c3nn(-c4nc(C(=O)O)cs4)c(CC4CC4)c3Cc3ccc([SH](C)(N)=O)c(F)c3)ccc2F)c1. The fraction of sp³-hybridized carbons (Fsp3) is 0.219. The average Bonchev–Trinajstić information content (AvgIpc) is 3.55. The Kier molecular flexibility index (Phi) is 7.91. The number of halogens is 2. The first-order valence-corrected chi connectivity index (χ1v) is 17.0. The second-order valence-corrected chi connectivity index (χ2v) is 14.3. The summed E-state index contributed by atoms with van der Waals surface area (Å²) in [5.41, 5.74) is 4.27. The van der Waals surface area contributed by atoms with E-state index in [-0.39, 0.29) is 17.0 Å². The number of ether oxygens (including phenoxy) is 1. The number of carboxylic acids is 1. The molecule has 0 bridgehead atoms. The summed E-state index contributed by atoms with van der Waals surface area (Å²) >= 11 is 1.16. The quantitative estimate of drug-likeness (QED) is 0.160. The highest BCUT2D eigenvalue weighted by molar-refractivity contribution is 8.00. The molecule has 228 valence electrons. The maximum absolute atomic E-state index is 15.2. The molecule has 1 saturated carbocycles. The highest BCUT2D eigenvalue weighted by Crippen LogP contribution is 2.39. The first-order chi connectivity index (χ1) is 21.0. The van der Waals surface area contributed by atoms with E-state index in [1.54, 1.807) is 54.3 Å². The molecule has 1 fully saturated rings. The zero-order valence-corrected chi connectivity index (χ0v) is 25.7. The zero-order valence-electron chi connectivity index (χ0n) is 24.0. The van der Waals surface area contributed by atoms with Crippen LogP contribution in [0, 0.1) is 17.6 Å². The van der Waals surface area contributed by atoms with Gasteiger partial charge in [0.15, 0.2) is 5.69 Å². The van der Waals surface area contributed by atoms with Crippen molar-refractivity contribution in [2.24, 2.45) is 11.1 Å².